The third-order valence-electron chi connectivity index (χ3n) is 2.97. The highest BCUT2D eigenvalue weighted by Gasteiger charge is 2.09. The minimum absolute atomic E-state index is 0.0974. The Labute approximate surface area is 114 Å². The van der Waals surface area contributed by atoms with Crippen molar-refractivity contribution in [3.8, 4) is 11.5 Å². The number of hydrogen-bond acceptors (Lipinski definition) is 4. The monoisotopic (exact) mass is 266 g/mol. The highest BCUT2D eigenvalue weighted by molar-refractivity contribution is 5.76. The zero-order chi connectivity index (χ0) is 14.3. The molecule has 1 aromatic rings. The van der Waals surface area contributed by atoms with E-state index in [0.29, 0.717) is 37.4 Å². The number of rotatable bonds is 7. The standard InChI is InChI=1S/C14H22N2O3/c1-16(9-8-15)14(17)7-5-11-4-6-12(18-2)13(10-11)19-3/h4,6,10H,5,7-9,15H2,1-3H3. The third kappa shape index (κ3) is 4.44. The van der Waals surface area contributed by atoms with E-state index in [0.717, 1.165) is 5.56 Å². The zero-order valence-corrected chi connectivity index (χ0v) is 11.8. The summed E-state index contributed by atoms with van der Waals surface area (Å²) in [7, 11) is 4.97. The van der Waals surface area contributed by atoms with Gasteiger partial charge < -0.3 is 20.1 Å². The largest absolute Gasteiger partial charge is 0.493 e. The van der Waals surface area contributed by atoms with E-state index in [4.69, 9.17) is 15.2 Å². The summed E-state index contributed by atoms with van der Waals surface area (Å²) in [6, 6.07) is 5.69. The first-order chi connectivity index (χ1) is 9.12. The Bertz CT molecular complexity index is 421. The van der Waals surface area contributed by atoms with E-state index in [1.165, 1.54) is 0 Å². The summed E-state index contributed by atoms with van der Waals surface area (Å²) in [4.78, 5) is 13.5. The highest BCUT2D eigenvalue weighted by atomic mass is 16.5. The molecule has 5 heteroatoms. The molecule has 0 radical (unpaired) electrons. The molecule has 1 amide bonds. The quantitative estimate of drug-likeness (QED) is 0.801. The molecule has 0 bridgehead atoms. The number of carbonyl (C=O) groups excluding carboxylic acids is 1. The molecule has 0 aliphatic heterocycles. The van der Waals surface area contributed by atoms with Crippen molar-refractivity contribution in [2.75, 3.05) is 34.4 Å². The number of aryl methyl sites for hydroxylation is 1. The summed E-state index contributed by atoms with van der Waals surface area (Å²) < 4.78 is 10.4. The fraction of sp³-hybridized carbons (Fsp3) is 0.500. The number of carbonyl (C=O) groups is 1. The molecule has 1 aromatic carbocycles. The van der Waals surface area contributed by atoms with Gasteiger partial charge in [-0.25, -0.2) is 0 Å². The van der Waals surface area contributed by atoms with E-state index >= 15 is 0 Å². The maximum Gasteiger partial charge on any atom is 0.222 e. The molecule has 0 aromatic heterocycles. The first-order valence-electron chi connectivity index (χ1n) is 6.27. The highest BCUT2D eigenvalue weighted by Crippen LogP contribution is 2.27. The zero-order valence-electron chi connectivity index (χ0n) is 11.8. The summed E-state index contributed by atoms with van der Waals surface area (Å²) in [5.41, 5.74) is 6.47. The van der Waals surface area contributed by atoms with Gasteiger partial charge in [0, 0.05) is 26.6 Å². The average molecular weight is 266 g/mol. The molecule has 0 spiro atoms. The van der Waals surface area contributed by atoms with Gasteiger partial charge in [0.2, 0.25) is 5.91 Å². The third-order valence-corrected chi connectivity index (χ3v) is 2.97. The van der Waals surface area contributed by atoms with Crippen molar-refractivity contribution in [3.63, 3.8) is 0 Å². The lowest BCUT2D eigenvalue weighted by Gasteiger charge is -2.16. The number of hydrogen-bond donors (Lipinski definition) is 1. The van der Waals surface area contributed by atoms with Gasteiger partial charge in [-0.05, 0) is 24.1 Å². The molecule has 5 nitrogen and oxygen atoms in total. The Morgan fingerprint density at radius 1 is 1.26 bits per heavy atom. The second kappa shape index (κ2) is 7.63. The van der Waals surface area contributed by atoms with Crippen molar-refractivity contribution < 1.29 is 14.3 Å². The van der Waals surface area contributed by atoms with Crippen LogP contribution in [0.3, 0.4) is 0 Å². The Hall–Kier alpha value is -1.75. The summed E-state index contributed by atoms with van der Waals surface area (Å²) in [6.07, 6.45) is 1.14. The molecule has 0 saturated heterocycles. The van der Waals surface area contributed by atoms with Gasteiger partial charge in [-0.3, -0.25) is 4.79 Å². The Kier molecular flexibility index (Phi) is 6.15. The second-order valence-corrected chi connectivity index (χ2v) is 4.29. The predicted molar refractivity (Wildman–Crippen MR) is 74.6 cm³/mol. The SMILES string of the molecule is COc1ccc(CCC(=O)N(C)CCN)cc1OC. The first kappa shape index (κ1) is 15.3. The van der Waals surface area contributed by atoms with Crippen LogP contribution in [0.2, 0.25) is 0 Å². The van der Waals surface area contributed by atoms with Crippen LogP contribution in [-0.4, -0.2) is 45.2 Å². The number of methoxy groups -OCH3 is 2. The van der Waals surface area contributed by atoms with E-state index in [1.807, 2.05) is 18.2 Å². The number of likely N-dealkylation sites (N-methyl/N-ethyl adjacent to an activating group) is 1. The van der Waals surface area contributed by atoms with E-state index in [2.05, 4.69) is 0 Å². The molecule has 0 heterocycles. The Balaban J connectivity index is 2.60. The van der Waals surface area contributed by atoms with Gasteiger partial charge in [0.15, 0.2) is 11.5 Å². The fourth-order valence-corrected chi connectivity index (χ4v) is 1.80. The first-order valence-corrected chi connectivity index (χ1v) is 6.27. The Morgan fingerprint density at radius 3 is 2.53 bits per heavy atom. The van der Waals surface area contributed by atoms with Crippen LogP contribution in [0.4, 0.5) is 0 Å². The summed E-state index contributed by atoms with van der Waals surface area (Å²) in [5.74, 6) is 1.47. The molecule has 0 saturated carbocycles. The molecule has 0 atom stereocenters. The number of amides is 1. The average Bonchev–Trinajstić information content (AvgIpc) is 2.44. The number of nitrogens with two attached hydrogens (primary N) is 1. The van der Waals surface area contributed by atoms with Crippen LogP contribution < -0.4 is 15.2 Å². The smallest absolute Gasteiger partial charge is 0.222 e. The maximum atomic E-state index is 11.8. The van der Waals surface area contributed by atoms with Crippen molar-refractivity contribution >= 4 is 5.91 Å². The minimum atomic E-state index is 0.0974. The van der Waals surface area contributed by atoms with Crippen molar-refractivity contribution in [2.24, 2.45) is 5.73 Å². The lowest BCUT2D eigenvalue weighted by atomic mass is 10.1. The molecule has 0 unspecified atom stereocenters. The molecule has 2 N–H and O–H groups in total. The molecule has 1 rings (SSSR count). The van der Waals surface area contributed by atoms with Crippen LogP contribution in [0.15, 0.2) is 18.2 Å². The van der Waals surface area contributed by atoms with Crippen LogP contribution >= 0.6 is 0 Å². The van der Waals surface area contributed by atoms with Crippen molar-refractivity contribution in [3.05, 3.63) is 23.8 Å². The molecular weight excluding hydrogens is 244 g/mol. The lowest BCUT2D eigenvalue weighted by Crippen LogP contribution is -2.31. The van der Waals surface area contributed by atoms with E-state index in [1.54, 1.807) is 26.2 Å². The van der Waals surface area contributed by atoms with E-state index < -0.39 is 0 Å². The number of nitrogens with zero attached hydrogens (tertiary/aromatic N) is 1. The van der Waals surface area contributed by atoms with Gasteiger partial charge >= 0.3 is 0 Å². The molecule has 19 heavy (non-hydrogen) atoms. The normalized spacial score (nSPS) is 10.1. The Morgan fingerprint density at radius 2 is 1.95 bits per heavy atom. The van der Waals surface area contributed by atoms with Gasteiger partial charge in [0.25, 0.3) is 0 Å². The second-order valence-electron chi connectivity index (χ2n) is 4.29. The minimum Gasteiger partial charge on any atom is -0.493 e. The van der Waals surface area contributed by atoms with Crippen LogP contribution in [0, 0.1) is 0 Å². The number of benzene rings is 1. The van der Waals surface area contributed by atoms with Crippen LogP contribution in [0.1, 0.15) is 12.0 Å². The predicted octanol–water partition coefficient (Wildman–Crippen LogP) is 1.05. The van der Waals surface area contributed by atoms with Crippen LogP contribution in [0.25, 0.3) is 0 Å². The van der Waals surface area contributed by atoms with E-state index in [-0.39, 0.29) is 5.91 Å². The molecule has 0 aliphatic carbocycles. The number of ether oxygens (including phenoxy) is 2. The van der Waals surface area contributed by atoms with E-state index in [9.17, 15) is 4.79 Å². The van der Waals surface area contributed by atoms with Crippen molar-refractivity contribution in [1.82, 2.24) is 4.90 Å². The van der Waals surface area contributed by atoms with Crippen molar-refractivity contribution in [1.29, 1.82) is 0 Å². The molecular formula is C14H22N2O3. The molecule has 106 valence electrons. The van der Waals surface area contributed by atoms with Crippen LogP contribution in [-0.2, 0) is 11.2 Å². The fourth-order valence-electron chi connectivity index (χ4n) is 1.80. The van der Waals surface area contributed by atoms with Gasteiger partial charge in [-0.2, -0.15) is 0 Å². The summed E-state index contributed by atoms with van der Waals surface area (Å²) in [6.45, 7) is 1.07. The molecule has 0 aliphatic rings. The van der Waals surface area contributed by atoms with Crippen LogP contribution in [0.5, 0.6) is 11.5 Å². The molecule has 0 fully saturated rings. The summed E-state index contributed by atoms with van der Waals surface area (Å²) >= 11 is 0. The topological polar surface area (TPSA) is 64.8 Å². The summed E-state index contributed by atoms with van der Waals surface area (Å²) in [5, 5.41) is 0. The van der Waals surface area contributed by atoms with Gasteiger partial charge in [0.05, 0.1) is 14.2 Å². The van der Waals surface area contributed by atoms with Gasteiger partial charge in [-0.15, -0.1) is 0 Å². The van der Waals surface area contributed by atoms with Crippen molar-refractivity contribution in [2.45, 2.75) is 12.8 Å². The lowest BCUT2D eigenvalue weighted by molar-refractivity contribution is -0.129. The maximum absolute atomic E-state index is 11.8. The van der Waals surface area contributed by atoms with Gasteiger partial charge in [-0.1, -0.05) is 6.07 Å². The van der Waals surface area contributed by atoms with Gasteiger partial charge in [0.1, 0.15) is 0 Å².